The van der Waals surface area contributed by atoms with E-state index in [2.05, 4.69) is 9.88 Å². The molecule has 21 heavy (non-hydrogen) atoms. The molecule has 114 valence electrons. The summed E-state index contributed by atoms with van der Waals surface area (Å²) in [5, 5.41) is 1.86. The Morgan fingerprint density at radius 1 is 1.19 bits per heavy atom. The van der Waals surface area contributed by atoms with Crippen molar-refractivity contribution < 1.29 is 4.79 Å². The quantitative estimate of drug-likeness (QED) is 0.860. The lowest BCUT2D eigenvalue weighted by molar-refractivity contribution is 0.0767. The lowest BCUT2D eigenvalue weighted by atomic mass is 10.0. The third kappa shape index (κ3) is 2.73. The van der Waals surface area contributed by atoms with E-state index in [0.717, 1.165) is 19.0 Å². The number of fused-ring (bicyclic) bond motifs is 1. The second-order valence-corrected chi connectivity index (χ2v) is 7.69. The molecular formula is C16H23N3OS. The van der Waals surface area contributed by atoms with Crippen LogP contribution in [-0.4, -0.2) is 53.4 Å². The van der Waals surface area contributed by atoms with Crippen LogP contribution in [-0.2, 0) is 0 Å². The van der Waals surface area contributed by atoms with E-state index in [4.69, 9.17) is 0 Å². The van der Waals surface area contributed by atoms with Crippen LogP contribution >= 0.6 is 11.3 Å². The molecule has 4 rings (SSSR count). The van der Waals surface area contributed by atoms with Crippen LogP contribution < -0.4 is 0 Å². The minimum absolute atomic E-state index is 0.132. The molecule has 0 bridgehead atoms. The van der Waals surface area contributed by atoms with E-state index in [-0.39, 0.29) is 5.91 Å². The number of hydrogen-bond donors (Lipinski definition) is 0. The molecule has 0 radical (unpaired) electrons. The highest BCUT2D eigenvalue weighted by atomic mass is 32.1. The van der Waals surface area contributed by atoms with Gasteiger partial charge in [-0.3, -0.25) is 4.79 Å². The smallest absolute Gasteiger partial charge is 0.273 e. The van der Waals surface area contributed by atoms with E-state index in [1.54, 1.807) is 5.51 Å². The van der Waals surface area contributed by atoms with Gasteiger partial charge in [0.2, 0.25) is 0 Å². The third-order valence-corrected chi connectivity index (χ3v) is 6.08. The fourth-order valence-electron chi connectivity index (χ4n) is 4.44. The zero-order valence-corrected chi connectivity index (χ0v) is 13.2. The van der Waals surface area contributed by atoms with Crippen LogP contribution in [0.3, 0.4) is 0 Å². The Morgan fingerprint density at radius 2 is 1.90 bits per heavy atom. The molecule has 0 N–H and O–H groups in total. The number of amides is 1. The molecule has 2 saturated heterocycles. The van der Waals surface area contributed by atoms with Crippen molar-refractivity contribution >= 4 is 17.2 Å². The van der Waals surface area contributed by atoms with Gasteiger partial charge in [0.15, 0.2) is 0 Å². The van der Waals surface area contributed by atoms with Gasteiger partial charge >= 0.3 is 0 Å². The van der Waals surface area contributed by atoms with Crippen molar-refractivity contribution in [1.29, 1.82) is 0 Å². The molecular weight excluding hydrogens is 282 g/mol. The number of hydrogen-bond acceptors (Lipinski definition) is 4. The van der Waals surface area contributed by atoms with Gasteiger partial charge in [0, 0.05) is 38.1 Å². The summed E-state index contributed by atoms with van der Waals surface area (Å²) in [7, 11) is 0. The number of nitrogens with zero attached hydrogens (tertiary/aromatic N) is 3. The summed E-state index contributed by atoms with van der Waals surface area (Å²) in [6, 6.07) is 0. The number of thiazole rings is 1. The van der Waals surface area contributed by atoms with Crippen LogP contribution in [0, 0.1) is 17.8 Å². The Morgan fingerprint density at radius 3 is 2.52 bits per heavy atom. The lowest BCUT2D eigenvalue weighted by Gasteiger charge is -2.23. The topological polar surface area (TPSA) is 36.4 Å². The monoisotopic (exact) mass is 305 g/mol. The Labute approximate surface area is 130 Å². The van der Waals surface area contributed by atoms with Crippen molar-refractivity contribution in [2.24, 2.45) is 17.8 Å². The lowest BCUT2D eigenvalue weighted by Crippen LogP contribution is -2.34. The Hall–Kier alpha value is -0.940. The second-order valence-electron chi connectivity index (χ2n) is 6.97. The molecule has 2 atom stereocenters. The van der Waals surface area contributed by atoms with Crippen molar-refractivity contribution in [2.75, 3.05) is 32.7 Å². The number of rotatable bonds is 3. The zero-order chi connectivity index (χ0) is 14.2. The summed E-state index contributed by atoms with van der Waals surface area (Å²) in [5.41, 5.74) is 2.37. The highest BCUT2D eigenvalue weighted by molar-refractivity contribution is 7.07. The molecule has 1 aliphatic carbocycles. The number of carbonyl (C=O) groups is 1. The average Bonchev–Trinajstić information content (AvgIpc) is 3.23. The van der Waals surface area contributed by atoms with Crippen molar-refractivity contribution in [2.45, 2.75) is 25.7 Å². The molecule has 1 saturated carbocycles. The maximum atomic E-state index is 12.4. The van der Waals surface area contributed by atoms with E-state index in [1.165, 1.54) is 56.7 Å². The maximum absolute atomic E-state index is 12.4. The summed E-state index contributed by atoms with van der Waals surface area (Å²) >= 11 is 1.50. The first kappa shape index (κ1) is 13.7. The van der Waals surface area contributed by atoms with Crippen LogP contribution in [0.1, 0.15) is 36.2 Å². The standard InChI is InChI=1S/C16H23N3OS/c20-16(15-10-21-11-17-15)19-8-13-6-18(7-14(13)9-19)5-12-3-1-2-4-12/h10-14H,1-9H2/t13-,14-/m0/s1. The number of likely N-dealkylation sites (tertiary alicyclic amines) is 2. The molecule has 4 nitrogen and oxygen atoms in total. The molecule has 2 aliphatic heterocycles. The van der Waals surface area contributed by atoms with E-state index >= 15 is 0 Å². The fourth-order valence-corrected chi connectivity index (χ4v) is 4.97. The van der Waals surface area contributed by atoms with Crippen molar-refractivity contribution in [3.8, 4) is 0 Å². The van der Waals surface area contributed by atoms with Gasteiger partial charge in [-0.25, -0.2) is 4.98 Å². The van der Waals surface area contributed by atoms with Gasteiger partial charge in [-0.1, -0.05) is 12.8 Å². The van der Waals surface area contributed by atoms with Crippen LogP contribution in [0.4, 0.5) is 0 Å². The minimum atomic E-state index is 0.132. The van der Waals surface area contributed by atoms with Crippen molar-refractivity contribution in [3.63, 3.8) is 0 Å². The third-order valence-electron chi connectivity index (χ3n) is 5.49. The highest BCUT2D eigenvalue weighted by Crippen LogP contribution is 2.34. The molecule has 1 amide bonds. The largest absolute Gasteiger partial charge is 0.337 e. The van der Waals surface area contributed by atoms with Gasteiger partial charge in [0.05, 0.1) is 5.51 Å². The Kier molecular flexibility index (Phi) is 3.71. The van der Waals surface area contributed by atoms with Gasteiger partial charge in [-0.2, -0.15) is 0 Å². The zero-order valence-electron chi connectivity index (χ0n) is 12.4. The molecule has 5 heteroatoms. The van der Waals surface area contributed by atoms with Crippen LogP contribution in [0.2, 0.25) is 0 Å². The second kappa shape index (κ2) is 5.69. The number of carbonyl (C=O) groups excluding carboxylic acids is 1. The van der Waals surface area contributed by atoms with Gasteiger partial charge in [0.1, 0.15) is 5.69 Å². The molecule has 0 unspecified atom stereocenters. The maximum Gasteiger partial charge on any atom is 0.273 e. The minimum Gasteiger partial charge on any atom is -0.337 e. The summed E-state index contributed by atoms with van der Waals surface area (Å²) in [6.45, 7) is 5.56. The first-order valence-electron chi connectivity index (χ1n) is 8.19. The van der Waals surface area contributed by atoms with E-state index in [9.17, 15) is 4.79 Å². The van der Waals surface area contributed by atoms with Gasteiger partial charge in [-0.05, 0) is 30.6 Å². The summed E-state index contributed by atoms with van der Waals surface area (Å²) in [6.07, 6.45) is 5.73. The van der Waals surface area contributed by atoms with Crippen LogP contribution in [0.15, 0.2) is 10.9 Å². The first-order chi connectivity index (χ1) is 10.3. The average molecular weight is 305 g/mol. The predicted octanol–water partition coefficient (Wildman–Crippen LogP) is 2.34. The van der Waals surface area contributed by atoms with Gasteiger partial charge in [-0.15, -0.1) is 11.3 Å². The predicted molar refractivity (Wildman–Crippen MR) is 83.4 cm³/mol. The van der Waals surface area contributed by atoms with Crippen molar-refractivity contribution in [3.05, 3.63) is 16.6 Å². The Bertz CT molecular complexity index is 484. The normalized spacial score (nSPS) is 30.2. The molecule has 3 aliphatic rings. The highest BCUT2D eigenvalue weighted by Gasteiger charge is 2.42. The molecule has 0 spiro atoms. The molecule has 0 aromatic carbocycles. The molecule has 1 aromatic rings. The van der Waals surface area contributed by atoms with E-state index in [1.807, 2.05) is 10.3 Å². The molecule has 3 fully saturated rings. The van der Waals surface area contributed by atoms with E-state index < -0.39 is 0 Å². The molecule has 3 heterocycles. The first-order valence-corrected chi connectivity index (χ1v) is 9.13. The fraction of sp³-hybridized carbons (Fsp3) is 0.750. The van der Waals surface area contributed by atoms with Crippen LogP contribution in [0.25, 0.3) is 0 Å². The van der Waals surface area contributed by atoms with Gasteiger partial charge in [0.25, 0.3) is 5.91 Å². The van der Waals surface area contributed by atoms with Crippen LogP contribution in [0.5, 0.6) is 0 Å². The van der Waals surface area contributed by atoms with E-state index in [0.29, 0.717) is 17.5 Å². The number of aromatic nitrogens is 1. The van der Waals surface area contributed by atoms with Crippen molar-refractivity contribution in [1.82, 2.24) is 14.8 Å². The van der Waals surface area contributed by atoms with Gasteiger partial charge < -0.3 is 9.80 Å². The summed E-state index contributed by atoms with van der Waals surface area (Å²) < 4.78 is 0. The summed E-state index contributed by atoms with van der Waals surface area (Å²) in [4.78, 5) is 21.2. The SMILES string of the molecule is O=C(c1cscn1)N1C[C@@H]2CN(CC3CCCC3)C[C@H]2C1. The molecule has 1 aromatic heterocycles. The Balaban J connectivity index is 1.32. The summed E-state index contributed by atoms with van der Waals surface area (Å²) in [5.74, 6) is 2.45.